The molecule has 37 heavy (non-hydrogen) atoms. The average molecular weight is 516 g/mol. The van der Waals surface area contributed by atoms with Crippen molar-refractivity contribution in [1.82, 2.24) is 34.4 Å². The van der Waals surface area contributed by atoms with E-state index in [0.29, 0.717) is 12.6 Å². The molecule has 190 valence electrons. The Morgan fingerprint density at radius 2 is 1.89 bits per heavy atom. The van der Waals surface area contributed by atoms with Crippen molar-refractivity contribution in [2.75, 3.05) is 49.6 Å². The number of aromatic nitrogens is 6. The molecule has 11 heteroatoms. The van der Waals surface area contributed by atoms with Crippen LogP contribution in [0.25, 0.3) is 27.9 Å². The molecule has 2 aliphatic rings. The molecule has 4 aromatic heterocycles. The Morgan fingerprint density at radius 3 is 2.70 bits per heavy atom. The van der Waals surface area contributed by atoms with Crippen LogP contribution < -0.4 is 10.2 Å². The highest BCUT2D eigenvalue weighted by Gasteiger charge is 2.28. The third kappa shape index (κ3) is 4.43. The van der Waals surface area contributed by atoms with Gasteiger partial charge in [-0.15, -0.1) is 0 Å². The molecular weight excluding hydrogens is 486 g/mol. The molecule has 0 amide bonds. The summed E-state index contributed by atoms with van der Waals surface area (Å²) in [5.41, 5.74) is 4.61. The molecular formula is C26H29N9OS. The number of thiophene rings is 1. The number of aromatic amines is 1. The zero-order valence-corrected chi connectivity index (χ0v) is 21.3. The number of nitrogens with one attached hydrogen (secondary N) is 2. The predicted octanol–water partition coefficient (Wildman–Crippen LogP) is 3.67. The van der Waals surface area contributed by atoms with Gasteiger partial charge in [0.2, 0.25) is 5.95 Å². The van der Waals surface area contributed by atoms with Crippen molar-refractivity contribution < 1.29 is 4.74 Å². The van der Waals surface area contributed by atoms with Gasteiger partial charge in [-0.2, -0.15) is 21.3 Å². The molecule has 2 aliphatic heterocycles. The monoisotopic (exact) mass is 515 g/mol. The number of para-hydroxylation sites is 2. The molecule has 0 saturated carbocycles. The second-order valence-electron chi connectivity index (χ2n) is 9.56. The molecule has 0 spiro atoms. The van der Waals surface area contributed by atoms with Crippen LogP contribution in [0.1, 0.15) is 18.7 Å². The zero-order chi connectivity index (χ0) is 24.6. The largest absolute Gasteiger partial charge is 0.379 e. The van der Waals surface area contributed by atoms with E-state index >= 15 is 0 Å². The lowest BCUT2D eigenvalue weighted by Crippen LogP contribution is -2.49. The molecule has 5 aromatic rings. The third-order valence-electron chi connectivity index (χ3n) is 7.34. The summed E-state index contributed by atoms with van der Waals surface area (Å²) in [6, 6.07) is 10.8. The number of fused-ring (bicyclic) bond motifs is 2. The first-order valence-corrected chi connectivity index (χ1v) is 13.8. The van der Waals surface area contributed by atoms with Gasteiger partial charge in [-0.25, -0.2) is 9.97 Å². The number of morpholine rings is 1. The molecule has 0 aliphatic carbocycles. The summed E-state index contributed by atoms with van der Waals surface area (Å²) in [6.45, 7) is 6.13. The topological polar surface area (TPSA) is 100 Å². The molecule has 2 N–H and O–H groups in total. The fraction of sp³-hybridized carbons (Fsp3) is 0.385. The highest BCUT2D eigenvalue weighted by molar-refractivity contribution is 7.08. The van der Waals surface area contributed by atoms with Crippen LogP contribution in [0, 0.1) is 0 Å². The van der Waals surface area contributed by atoms with Gasteiger partial charge in [0.15, 0.2) is 17.0 Å². The molecule has 1 aromatic carbocycles. The van der Waals surface area contributed by atoms with Gasteiger partial charge in [0.1, 0.15) is 12.2 Å². The van der Waals surface area contributed by atoms with E-state index in [9.17, 15) is 0 Å². The molecule has 2 saturated heterocycles. The number of imidazole rings is 2. The van der Waals surface area contributed by atoms with Gasteiger partial charge in [0.05, 0.1) is 36.5 Å². The number of nitrogens with zero attached hydrogens (tertiary/aromatic N) is 7. The molecule has 10 nitrogen and oxygen atoms in total. The molecule has 0 unspecified atom stereocenters. The standard InChI is InChI=1S/C26H29N9OS/c1-2-4-21-20(3-1)29-22(30-21)15-27-24-23-25(35(17-28-23)19-7-14-37-16-19)32-26(31-24)34-8-5-18(6-9-34)33-10-12-36-13-11-33/h1-4,7,14,16-18H,5-6,8-13,15H2,(H,29,30)(H,27,31,32). The maximum atomic E-state index is 5.55. The Balaban J connectivity index is 1.18. The summed E-state index contributed by atoms with van der Waals surface area (Å²) in [7, 11) is 0. The quantitative estimate of drug-likeness (QED) is 0.353. The van der Waals surface area contributed by atoms with E-state index in [1.807, 2.05) is 35.2 Å². The van der Waals surface area contributed by atoms with Crippen molar-refractivity contribution in [3.05, 3.63) is 53.2 Å². The minimum Gasteiger partial charge on any atom is -0.379 e. The number of anilines is 2. The van der Waals surface area contributed by atoms with E-state index in [1.165, 1.54) is 0 Å². The third-order valence-corrected chi connectivity index (χ3v) is 8.01. The molecule has 7 rings (SSSR count). The molecule has 2 fully saturated rings. The fourth-order valence-electron chi connectivity index (χ4n) is 5.37. The van der Waals surface area contributed by atoms with Crippen molar-refractivity contribution in [1.29, 1.82) is 0 Å². The minimum absolute atomic E-state index is 0.519. The number of piperidine rings is 1. The van der Waals surface area contributed by atoms with Crippen LogP contribution in [0.3, 0.4) is 0 Å². The Morgan fingerprint density at radius 1 is 1.03 bits per heavy atom. The van der Waals surface area contributed by atoms with E-state index in [1.54, 1.807) is 11.3 Å². The van der Waals surface area contributed by atoms with Crippen LogP contribution in [-0.4, -0.2) is 79.8 Å². The summed E-state index contributed by atoms with van der Waals surface area (Å²) in [5, 5.41) is 7.68. The van der Waals surface area contributed by atoms with Crippen LogP contribution in [0.4, 0.5) is 11.8 Å². The van der Waals surface area contributed by atoms with Gasteiger partial charge >= 0.3 is 0 Å². The minimum atomic E-state index is 0.519. The van der Waals surface area contributed by atoms with Gasteiger partial charge in [-0.3, -0.25) is 9.47 Å². The summed E-state index contributed by atoms with van der Waals surface area (Å²) in [4.78, 5) is 27.7. The predicted molar refractivity (Wildman–Crippen MR) is 146 cm³/mol. The molecule has 0 atom stereocenters. The van der Waals surface area contributed by atoms with Crippen molar-refractivity contribution >= 4 is 45.3 Å². The van der Waals surface area contributed by atoms with Crippen LogP contribution >= 0.6 is 11.3 Å². The first kappa shape index (κ1) is 22.6. The van der Waals surface area contributed by atoms with Crippen LogP contribution in [0.15, 0.2) is 47.4 Å². The lowest BCUT2D eigenvalue weighted by Gasteiger charge is -2.40. The Bertz CT molecular complexity index is 1460. The highest BCUT2D eigenvalue weighted by Crippen LogP contribution is 2.28. The van der Waals surface area contributed by atoms with Gasteiger partial charge in [-0.1, -0.05) is 12.1 Å². The van der Waals surface area contributed by atoms with Gasteiger partial charge in [0.25, 0.3) is 0 Å². The summed E-state index contributed by atoms with van der Waals surface area (Å²) in [5.74, 6) is 2.33. The summed E-state index contributed by atoms with van der Waals surface area (Å²) >= 11 is 1.66. The fourth-order valence-corrected chi connectivity index (χ4v) is 6.00. The molecule has 6 heterocycles. The highest BCUT2D eigenvalue weighted by atomic mass is 32.1. The maximum absolute atomic E-state index is 5.55. The van der Waals surface area contributed by atoms with Gasteiger partial charge < -0.3 is 19.9 Å². The summed E-state index contributed by atoms with van der Waals surface area (Å²) in [6.07, 6.45) is 4.04. The summed E-state index contributed by atoms with van der Waals surface area (Å²) < 4.78 is 7.59. The molecule has 0 radical (unpaired) electrons. The number of ether oxygens (including phenoxy) is 1. The van der Waals surface area contributed by atoms with Crippen molar-refractivity contribution in [2.45, 2.75) is 25.4 Å². The van der Waals surface area contributed by atoms with Crippen molar-refractivity contribution in [2.24, 2.45) is 0 Å². The molecule has 0 bridgehead atoms. The second kappa shape index (κ2) is 9.73. The van der Waals surface area contributed by atoms with E-state index < -0.39 is 0 Å². The first-order valence-electron chi connectivity index (χ1n) is 12.8. The normalized spacial score (nSPS) is 17.7. The lowest BCUT2D eigenvalue weighted by atomic mass is 10.0. The Labute approximate surface area is 218 Å². The van der Waals surface area contributed by atoms with E-state index in [2.05, 4.69) is 36.9 Å². The Hall–Kier alpha value is -3.54. The second-order valence-corrected chi connectivity index (χ2v) is 10.3. The van der Waals surface area contributed by atoms with E-state index in [0.717, 1.165) is 97.7 Å². The smallest absolute Gasteiger partial charge is 0.229 e. The SMILES string of the molecule is c1ccc2[nH]c(CNc3nc(N4CCC(N5CCOCC5)CC4)nc4c3ncn4-c3ccsc3)nc2c1. The lowest BCUT2D eigenvalue weighted by molar-refractivity contribution is 0.0114. The number of hydrogen-bond acceptors (Lipinski definition) is 9. The van der Waals surface area contributed by atoms with Crippen LogP contribution in [0.2, 0.25) is 0 Å². The zero-order valence-electron chi connectivity index (χ0n) is 20.5. The first-order chi connectivity index (χ1) is 18.3. The number of rotatable bonds is 6. The van der Waals surface area contributed by atoms with Crippen LogP contribution in [0.5, 0.6) is 0 Å². The van der Waals surface area contributed by atoms with Gasteiger partial charge in [-0.05, 0) is 36.4 Å². The van der Waals surface area contributed by atoms with Crippen LogP contribution in [-0.2, 0) is 11.3 Å². The maximum Gasteiger partial charge on any atom is 0.229 e. The van der Waals surface area contributed by atoms with Gasteiger partial charge in [0, 0.05) is 37.6 Å². The number of hydrogen-bond donors (Lipinski definition) is 2. The average Bonchev–Trinajstić information content (AvgIpc) is 3.71. The van der Waals surface area contributed by atoms with Crippen molar-refractivity contribution in [3.63, 3.8) is 0 Å². The van der Waals surface area contributed by atoms with Crippen molar-refractivity contribution in [3.8, 4) is 5.69 Å². The number of H-pyrrole nitrogens is 1. The van der Waals surface area contributed by atoms with E-state index in [4.69, 9.17) is 24.7 Å². The van der Waals surface area contributed by atoms with E-state index in [-0.39, 0.29) is 0 Å². The number of benzene rings is 1. The Kier molecular flexibility index (Phi) is 5.95.